The first-order valence-corrected chi connectivity index (χ1v) is 11.2. The van der Waals surface area contributed by atoms with Gasteiger partial charge in [0, 0.05) is 20.3 Å². The van der Waals surface area contributed by atoms with Gasteiger partial charge in [0.15, 0.2) is 11.6 Å². The predicted molar refractivity (Wildman–Crippen MR) is 118 cm³/mol. The van der Waals surface area contributed by atoms with E-state index in [9.17, 15) is 13.6 Å². The smallest absolute Gasteiger partial charge is 0.224 e. The molecule has 29 heavy (non-hydrogen) atoms. The maximum Gasteiger partial charge on any atom is 0.224 e. The molecule has 2 aromatic rings. The molecule has 0 spiro atoms. The molecule has 7 heteroatoms. The third-order valence-electron chi connectivity index (χ3n) is 5.96. The molecule has 0 saturated carbocycles. The highest BCUT2D eigenvalue weighted by molar-refractivity contribution is 9.11. The molecule has 1 heterocycles. The van der Waals surface area contributed by atoms with Gasteiger partial charge in [-0.3, -0.25) is 4.79 Å². The van der Waals surface area contributed by atoms with Gasteiger partial charge in [0.25, 0.3) is 0 Å². The number of hydrogen-bond donors (Lipinski definition) is 2. The van der Waals surface area contributed by atoms with Crippen LogP contribution in [0.2, 0.25) is 0 Å². The first-order valence-electron chi connectivity index (χ1n) is 9.65. The van der Waals surface area contributed by atoms with Crippen molar-refractivity contribution in [3.05, 3.63) is 68.1 Å². The molecule has 2 aromatic carbocycles. The molecule has 2 N–H and O–H groups in total. The molecule has 1 aliphatic heterocycles. The number of benzene rings is 2. The Balaban J connectivity index is 1.86. The van der Waals surface area contributed by atoms with Gasteiger partial charge in [-0.05, 0) is 74.3 Å². The van der Waals surface area contributed by atoms with E-state index in [1.165, 1.54) is 6.07 Å². The minimum absolute atomic E-state index is 0.0970. The van der Waals surface area contributed by atoms with Gasteiger partial charge in [0.1, 0.15) is 0 Å². The van der Waals surface area contributed by atoms with E-state index < -0.39 is 23.0 Å². The molecule has 0 aromatic heterocycles. The number of amides is 1. The third kappa shape index (κ3) is 4.89. The van der Waals surface area contributed by atoms with E-state index in [1.807, 2.05) is 32.0 Å². The van der Waals surface area contributed by atoms with Crippen LogP contribution < -0.4 is 10.6 Å². The van der Waals surface area contributed by atoms with Crippen LogP contribution >= 0.6 is 31.9 Å². The molecular weight excluding hydrogens is 506 g/mol. The maximum absolute atomic E-state index is 14.0. The van der Waals surface area contributed by atoms with Gasteiger partial charge in [-0.1, -0.05) is 44.8 Å². The topological polar surface area (TPSA) is 41.1 Å². The lowest BCUT2D eigenvalue weighted by Crippen LogP contribution is -2.49. The fourth-order valence-electron chi connectivity index (χ4n) is 4.15. The first-order chi connectivity index (χ1) is 13.7. The van der Waals surface area contributed by atoms with Crippen LogP contribution in [0.25, 0.3) is 0 Å². The van der Waals surface area contributed by atoms with Crippen LogP contribution in [-0.2, 0) is 10.2 Å². The van der Waals surface area contributed by atoms with Crippen molar-refractivity contribution < 1.29 is 13.6 Å². The molecule has 0 aliphatic carbocycles. The highest BCUT2D eigenvalue weighted by Gasteiger charge is 2.43. The minimum atomic E-state index is -0.875. The Hall–Kier alpha value is -1.31. The predicted octanol–water partition coefficient (Wildman–Crippen LogP) is 5.62. The number of hydrogen-bond acceptors (Lipinski definition) is 2. The van der Waals surface area contributed by atoms with Gasteiger partial charge in [0.05, 0.1) is 6.04 Å². The molecule has 0 bridgehead atoms. The SMILES string of the molecule is CC(NC(=O)C(C)C1(c2ccc(F)c(F)c2)CCNCC1)c1cc(Br)cc(Br)c1. The van der Waals surface area contributed by atoms with Gasteiger partial charge in [-0.25, -0.2) is 8.78 Å². The molecule has 1 fully saturated rings. The molecule has 2 atom stereocenters. The summed E-state index contributed by atoms with van der Waals surface area (Å²) in [6.45, 7) is 5.27. The molecule has 2 unspecified atom stereocenters. The van der Waals surface area contributed by atoms with Crippen molar-refractivity contribution in [2.75, 3.05) is 13.1 Å². The first kappa shape index (κ1) is 22.4. The van der Waals surface area contributed by atoms with Crippen molar-refractivity contribution in [1.82, 2.24) is 10.6 Å². The number of carbonyl (C=O) groups is 1. The standard InChI is InChI=1S/C22H24Br2F2N2O/c1-13(21(29)28-14(2)15-9-17(23)12-18(24)10-15)22(5-7-27-8-6-22)16-3-4-19(25)20(26)11-16/h3-4,9-14,27H,5-8H2,1-2H3,(H,28,29). The zero-order valence-corrected chi connectivity index (χ0v) is 19.5. The number of nitrogens with one attached hydrogen (secondary N) is 2. The van der Waals surface area contributed by atoms with Crippen LogP contribution in [0, 0.1) is 17.6 Å². The van der Waals surface area contributed by atoms with E-state index in [0.717, 1.165) is 33.7 Å². The fraction of sp³-hybridized carbons (Fsp3) is 0.409. The van der Waals surface area contributed by atoms with Gasteiger partial charge in [-0.15, -0.1) is 0 Å². The Kier molecular flexibility index (Phi) is 7.12. The van der Waals surface area contributed by atoms with Crippen LogP contribution in [0.15, 0.2) is 45.3 Å². The molecule has 1 amide bonds. The second kappa shape index (κ2) is 9.23. The van der Waals surface area contributed by atoms with Crippen LogP contribution in [0.3, 0.4) is 0 Å². The Bertz CT molecular complexity index is 880. The van der Waals surface area contributed by atoms with Crippen molar-refractivity contribution in [2.24, 2.45) is 5.92 Å². The van der Waals surface area contributed by atoms with Crippen molar-refractivity contribution in [2.45, 2.75) is 38.1 Å². The number of piperidine rings is 1. The third-order valence-corrected chi connectivity index (χ3v) is 6.87. The van der Waals surface area contributed by atoms with Gasteiger partial charge >= 0.3 is 0 Å². The maximum atomic E-state index is 14.0. The van der Waals surface area contributed by atoms with Crippen LogP contribution in [-0.4, -0.2) is 19.0 Å². The number of halogens is 4. The highest BCUT2D eigenvalue weighted by Crippen LogP contribution is 2.41. The Morgan fingerprint density at radius 2 is 1.66 bits per heavy atom. The van der Waals surface area contributed by atoms with Crippen molar-refractivity contribution in [3.63, 3.8) is 0 Å². The second-order valence-corrected chi connectivity index (χ2v) is 9.52. The average Bonchev–Trinajstić information content (AvgIpc) is 2.69. The zero-order valence-electron chi connectivity index (χ0n) is 16.4. The van der Waals surface area contributed by atoms with E-state index in [-0.39, 0.29) is 11.9 Å². The summed E-state index contributed by atoms with van der Waals surface area (Å²) in [4.78, 5) is 13.2. The van der Waals surface area contributed by atoms with Gasteiger partial charge in [0.2, 0.25) is 5.91 Å². The summed E-state index contributed by atoms with van der Waals surface area (Å²) >= 11 is 6.95. The summed E-state index contributed by atoms with van der Waals surface area (Å²) in [7, 11) is 0. The van der Waals surface area contributed by atoms with E-state index in [4.69, 9.17) is 0 Å². The lowest BCUT2D eigenvalue weighted by molar-refractivity contribution is -0.127. The van der Waals surface area contributed by atoms with E-state index in [0.29, 0.717) is 18.4 Å². The molecule has 0 radical (unpaired) electrons. The zero-order chi connectivity index (χ0) is 21.2. The Morgan fingerprint density at radius 3 is 2.24 bits per heavy atom. The summed E-state index contributed by atoms with van der Waals surface area (Å²) in [6, 6.07) is 9.70. The summed E-state index contributed by atoms with van der Waals surface area (Å²) in [5.41, 5.74) is 1.11. The summed E-state index contributed by atoms with van der Waals surface area (Å²) in [5, 5.41) is 6.40. The number of carbonyl (C=O) groups excluding carboxylic acids is 1. The lowest BCUT2D eigenvalue weighted by Gasteiger charge is -2.42. The van der Waals surface area contributed by atoms with Crippen LogP contribution in [0.4, 0.5) is 8.78 Å². The van der Waals surface area contributed by atoms with Crippen molar-refractivity contribution >= 4 is 37.8 Å². The molecular formula is C22H24Br2F2N2O. The van der Waals surface area contributed by atoms with E-state index >= 15 is 0 Å². The van der Waals surface area contributed by atoms with Crippen molar-refractivity contribution in [1.29, 1.82) is 0 Å². The fourth-order valence-corrected chi connectivity index (χ4v) is 5.48. The van der Waals surface area contributed by atoms with Gasteiger partial charge < -0.3 is 10.6 Å². The molecule has 1 aliphatic rings. The second-order valence-electron chi connectivity index (χ2n) is 7.69. The quantitative estimate of drug-likeness (QED) is 0.527. The minimum Gasteiger partial charge on any atom is -0.349 e. The molecule has 3 nitrogen and oxygen atoms in total. The molecule has 3 rings (SSSR count). The summed E-state index contributed by atoms with van der Waals surface area (Å²) in [5.74, 6) is -2.24. The lowest BCUT2D eigenvalue weighted by atomic mass is 9.65. The Labute approximate surface area is 186 Å². The largest absolute Gasteiger partial charge is 0.349 e. The Morgan fingerprint density at radius 1 is 1.03 bits per heavy atom. The van der Waals surface area contributed by atoms with Crippen LogP contribution in [0.1, 0.15) is 43.9 Å². The van der Waals surface area contributed by atoms with Crippen LogP contribution in [0.5, 0.6) is 0 Å². The summed E-state index contributed by atoms with van der Waals surface area (Å²) in [6.07, 6.45) is 1.37. The summed E-state index contributed by atoms with van der Waals surface area (Å²) < 4.78 is 29.3. The molecule has 156 valence electrons. The monoisotopic (exact) mass is 528 g/mol. The van der Waals surface area contributed by atoms with E-state index in [1.54, 1.807) is 6.07 Å². The normalized spacial score (nSPS) is 18.1. The van der Waals surface area contributed by atoms with Crippen molar-refractivity contribution in [3.8, 4) is 0 Å². The van der Waals surface area contributed by atoms with Gasteiger partial charge in [-0.2, -0.15) is 0 Å². The number of rotatable bonds is 5. The molecule has 1 saturated heterocycles. The van der Waals surface area contributed by atoms with E-state index in [2.05, 4.69) is 42.5 Å². The highest BCUT2D eigenvalue weighted by atomic mass is 79.9. The average molecular weight is 530 g/mol.